The van der Waals surface area contributed by atoms with Crippen molar-refractivity contribution in [2.45, 2.75) is 39.2 Å². The van der Waals surface area contributed by atoms with Crippen LogP contribution in [0.4, 0.5) is 0 Å². The molecule has 0 spiro atoms. The summed E-state index contributed by atoms with van der Waals surface area (Å²) in [6.07, 6.45) is 4.23. The summed E-state index contributed by atoms with van der Waals surface area (Å²) in [5.41, 5.74) is -0.468. The Morgan fingerprint density at radius 1 is 1.46 bits per heavy atom. The second kappa shape index (κ2) is 7.97. The molecular weight excluding hydrogens is 308 g/mol. The number of aromatic nitrogens is 1. The molecule has 0 saturated heterocycles. The third-order valence-electron chi connectivity index (χ3n) is 3.70. The van der Waals surface area contributed by atoms with Gasteiger partial charge in [0.25, 0.3) is 0 Å². The molecule has 0 aromatic carbocycles. The standard InChI is InChI=1S/C18H24N2O4/c1-13-10-16(14(2)24-13)18(3,22)12-20-17(21)7-5-9-23-15-6-4-8-19-11-15/h4,6,8,10-11,22H,5,7,9,12H2,1-3H3,(H,20,21). The highest BCUT2D eigenvalue weighted by molar-refractivity contribution is 5.75. The number of furan rings is 1. The largest absolute Gasteiger partial charge is 0.492 e. The molecule has 1 atom stereocenters. The number of nitrogens with one attached hydrogen (secondary N) is 1. The van der Waals surface area contributed by atoms with Gasteiger partial charge in [0.1, 0.15) is 22.9 Å². The summed E-state index contributed by atoms with van der Waals surface area (Å²) in [7, 11) is 0. The fourth-order valence-corrected chi connectivity index (χ4v) is 2.48. The SMILES string of the molecule is Cc1cc(C(C)(O)CNC(=O)CCCOc2cccnc2)c(C)o1. The molecule has 130 valence electrons. The molecule has 0 fully saturated rings. The fourth-order valence-electron chi connectivity index (χ4n) is 2.48. The fraction of sp³-hybridized carbons (Fsp3) is 0.444. The van der Waals surface area contributed by atoms with Gasteiger partial charge in [-0.2, -0.15) is 0 Å². The zero-order valence-electron chi connectivity index (χ0n) is 14.3. The number of rotatable bonds is 8. The zero-order valence-corrected chi connectivity index (χ0v) is 14.3. The number of hydrogen-bond donors (Lipinski definition) is 2. The Morgan fingerprint density at radius 3 is 2.88 bits per heavy atom. The summed E-state index contributed by atoms with van der Waals surface area (Å²) in [6.45, 7) is 5.86. The van der Waals surface area contributed by atoms with Crippen molar-refractivity contribution < 1.29 is 19.1 Å². The number of carbonyl (C=O) groups excluding carboxylic acids is 1. The Bertz CT molecular complexity index is 665. The molecule has 0 radical (unpaired) electrons. The van der Waals surface area contributed by atoms with Gasteiger partial charge in [0.15, 0.2) is 0 Å². The number of hydrogen-bond acceptors (Lipinski definition) is 5. The van der Waals surface area contributed by atoms with Gasteiger partial charge in [0.2, 0.25) is 5.91 Å². The molecule has 1 amide bonds. The summed E-state index contributed by atoms with van der Waals surface area (Å²) in [5, 5.41) is 13.3. The first-order chi connectivity index (χ1) is 11.4. The van der Waals surface area contributed by atoms with E-state index in [-0.39, 0.29) is 12.5 Å². The van der Waals surface area contributed by atoms with Gasteiger partial charge in [0.05, 0.1) is 19.3 Å². The number of nitrogens with zero attached hydrogens (tertiary/aromatic N) is 1. The Hall–Kier alpha value is -2.34. The predicted molar refractivity (Wildman–Crippen MR) is 89.7 cm³/mol. The first kappa shape index (κ1) is 18.0. The molecule has 2 N–H and O–H groups in total. The van der Waals surface area contributed by atoms with Crippen molar-refractivity contribution >= 4 is 5.91 Å². The van der Waals surface area contributed by atoms with Crippen molar-refractivity contribution in [3.8, 4) is 5.75 Å². The minimum absolute atomic E-state index is 0.122. The Morgan fingerprint density at radius 2 is 2.25 bits per heavy atom. The zero-order chi connectivity index (χ0) is 17.6. The third-order valence-corrected chi connectivity index (χ3v) is 3.70. The molecule has 2 rings (SSSR count). The van der Waals surface area contributed by atoms with Crippen LogP contribution in [0.1, 0.15) is 36.8 Å². The van der Waals surface area contributed by atoms with E-state index in [1.165, 1.54) is 0 Å². The maximum absolute atomic E-state index is 11.9. The van der Waals surface area contributed by atoms with Crippen LogP contribution in [0.15, 0.2) is 35.0 Å². The van der Waals surface area contributed by atoms with E-state index in [0.717, 1.165) is 5.76 Å². The molecule has 24 heavy (non-hydrogen) atoms. The van der Waals surface area contributed by atoms with Crippen LogP contribution in [-0.4, -0.2) is 29.1 Å². The minimum atomic E-state index is -1.16. The summed E-state index contributed by atoms with van der Waals surface area (Å²) in [5.74, 6) is 1.97. The van der Waals surface area contributed by atoms with Gasteiger partial charge in [-0.15, -0.1) is 0 Å². The van der Waals surface area contributed by atoms with Crippen LogP contribution < -0.4 is 10.1 Å². The highest BCUT2D eigenvalue weighted by atomic mass is 16.5. The Balaban J connectivity index is 1.71. The van der Waals surface area contributed by atoms with Crippen LogP contribution in [0.5, 0.6) is 5.75 Å². The number of ether oxygens (including phenoxy) is 1. The number of aliphatic hydroxyl groups is 1. The summed E-state index contributed by atoms with van der Waals surface area (Å²) >= 11 is 0. The first-order valence-electron chi connectivity index (χ1n) is 7.98. The van der Waals surface area contributed by atoms with Crippen LogP contribution >= 0.6 is 0 Å². The van der Waals surface area contributed by atoms with Crippen LogP contribution in [0.25, 0.3) is 0 Å². The number of carbonyl (C=O) groups is 1. The van der Waals surface area contributed by atoms with Gasteiger partial charge >= 0.3 is 0 Å². The average molecular weight is 332 g/mol. The molecule has 2 aromatic heterocycles. The lowest BCUT2D eigenvalue weighted by atomic mass is 9.96. The maximum atomic E-state index is 11.9. The number of pyridine rings is 1. The van der Waals surface area contributed by atoms with Crippen LogP contribution in [-0.2, 0) is 10.4 Å². The lowest BCUT2D eigenvalue weighted by Gasteiger charge is -2.23. The highest BCUT2D eigenvalue weighted by Gasteiger charge is 2.28. The van der Waals surface area contributed by atoms with Crippen molar-refractivity contribution in [3.05, 3.63) is 47.7 Å². The van der Waals surface area contributed by atoms with E-state index in [2.05, 4.69) is 10.3 Å². The molecule has 6 nitrogen and oxygen atoms in total. The third kappa shape index (κ3) is 5.09. The van der Waals surface area contributed by atoms with Crippen molar-refractivity contribution in [2.75, 3.05) is 13.2 Å². The molecule has 0 bridgehead atoms. The van der Waals surface area contributed by atoms with Gasteiger partial charge in [-0.3, -0.25) is 9.78 Å². The van der Waals surface area contributed by atoms with E-state index in [0.29, 0.717) is 36.5 Å². The Labute approximate surface area is 141 Å². The topological polar surface area (TPSA) is 84.6 Å². The maximum Gasteiger partial charge on any atom is 0.220 e. The minimum Gasteiger partial charge on any atom is -0.492 e. The molecule has 0 aliphatic heterocycles. The summed E-state index contributed by atoms with van der Waals surface area (Å²) in [6, 6.07) is 5.41. The van der Waals surface area contributed by atoms with E-state index < -0.39 is 5.60 Å². The number of amides is 1. The van der Waals surface area contributed by atoms with E-state index in [4.69, 9.17) is 9.15 Å². The molecule has 2 heterocycles. The van der Waals surface area contributed by atoms with Crippen LogP contribution in [0.2, 0.25) is 0 Å². The Kier molecular flexibility index (Phi) is 5.98. The molecule has 1 unspecified atom stereocenters. The normalized spacial score (nSPS) is 13.3. The predicted octanol–water partition coefficient (Wildman–Crippen LogP) is 2.47. The van der Waals surface area contributed by atoms with E-state index in [1.54, 1.807) is 38.4 Å². The smallest absolute Gasteiger partial charge is 0.220 e. The van der Waals surface area contributed by atoms with Crippen molar-refractivity contribution in [2.24, 2.45) is 0 Å². The van der Waals surface area contributed by atoms with Gasteiger partial charge in [-0.25, -0.2) is 0 Å². The van der Waals surface area contributed by atoms with E-state index in [9.17, 15) is 9.90 Å². The molecule has 6 heteroatoms. The second-order valence-corrected chi connectivity index (χ2v) is 6.02. The van der Waals surface area contributed by atoms with Gasteiger partial charge in [-0.1, -0.05) is 0 Å². The average Bonchev–Trinajstić information content (AvgIpc) is 2.90. The van der Waals surface area contributed by atoms with Gasteiger partial charge < -0.3 is 19.6 Å². The molecule has 0 saturated carbocycles. The van der Waals surface area contributed by atoms with Crippen molar-refractivity contribution in [3.63, 3.8) is 0 Å². The molecular formula is C18H24N2O4. The highest BCUT2D eigenvalue weighted by Crippen LogP contribution is 2.26. The second-order valence-electron chi connectivity index (χ2n) is 6.02. The van der Waals surface area contributed by atoms with Gasteiger partial charge in [0, 0.05) is 18.2 Å². The van der Waals surface area contributed by atoms with Crippen LogP contribution in [0.3, 0.4) is 0 Å². The molecule has 0 aliphatic carbocycles. The van der Waals surface area contributed by atoms with Crippen molar-refractivity contribution in [1.82, 2.24) is 10.3 Å². The molecule has 0 aliphatic rings. The monoisotopic (exact) mass is 332 g/mol. The van der Waals surface area contributed by atoms with Gasteiger partial charge in [-0.05, 0) is 45.4 Å². The summed E-state index contributed by atoms with van der Waals surface area (Å²) < 4.78 is 10.9. The lowest BCUT2D eigenvalue weighted by molar-refractivity contribution is -0.122. The first-order valence-corrected chi connectivity index (χ1v) is 7.98. The van der Waals surface area contributed by atoms with Crippen LogP contribution in [0, 0.1) is 13.8 Å². The quantitative estimate of drug-likeness (QED) is 0.726. The lowest BCUT2D eigenvalue weighted by Crippen LogP contribution is -2.38. The summed E-state index contributed by atoms with van der Waals surface area (Å²) in [4.78, 5) is 15.9. The number of aryl methyl sites for hydroxylation is 2. The van der Waals surface area contributed by atoms with E-state index in [1.807, 2.05) is 13.0 Å². The molecule has 2 aromatic rings. The van der Waals surface area contributed by atoms with Crippen molar-refractivity contribution in [1.29, 1.82) is 0 Å². The van der Waals surface area contributed by atoms with E-state index >= 15 is 0 Å².